The largest absolute Gasteiger partial charge is 0.234 e. The van der Waals surface area contributed by atoms with Crippen LogP contribution >= 0.6 is 0 Å². The molecule has 0 aliphatic heterocycles. The molecule has 1 radical (unpaired) electrons. The Bertz CT molecular complexity index is 162. The lowest BCUT2D eigenvalue weighted by atomic mass is 10.1. The molecular formula is C13H24NO. The number of aliphatic imine (C=N–C) groups is 1. The maximum absolute atomic E-state index is 9.77. The summed E-state index contributed by atoms with van der Waals surface area (Å²) in [6.07, 6.45) is 14.2. The van der Waals surface area contributed by atoms with Crippen molar-refractivity contribution in [3.05, 3.63) is 6.92 Å². The monoisotopic (exact) mass is 210 g/mol. The Morgan fingerprint density at radius 2 is 1.27 bits per heavy atom. The summed E-state index contributed by atoms with van der Waals surface area (Å²) in [5.74, 6) is 0. The van der Waals surface area contributed by atoms with Crippen molar-refractivity contribution >= 4 is 6.08 Å². The van der Waals surface area contributed by atoms with Gasteiger partial charge in [-0.25, -0.2) is 9.79 Å². The predicted octanol–water partition coefficient (Wildman–Crippen LogP) is 4.06. The highest BCUT2D eigenvalue weighted by atomic mass is 16.1. The number of hydrogen-bond acceptors (Lipinski definition) is 2. The minimum absolute atomic E-state index is 0.660. The summed E-state index contributed by atoms with van der Waals surface area (Å²) in [6.45, 7) is 4.49. The van der Waals surface area contributed by atoms with Crippen LogP contribution in [0.4, 0.5) is 0 Å². The van der Waals surface area contributed by atoms with E-state index in [1.54, 1.807) is 6.08 Å². The Morgan fingerprint density at radius 1 is 0.800 bits per heavy atom. The maximum atomic E-state index is 9.77. The highest BCUT2D eigenvalue weighted by Crippen LogP contribution is 2.10. The number of unbranched alkanes of at least 4 members (excludes halogenated alkanes) is 9. The van der Waals surface area contributed by atoms with Gasteiger partial charge in [0.1, 0.15) is 0 Å². The molecule has 87 valence electrons. The van der Waals surface area contributed by atoms with Crippen molar-refractivity contribution in [1.82, 2.24) is 0 Å². The molecule has 0 saturated heterocycles. The molecule has 0 fully saturated rings. The van der Waals surface area contributed by atoms with Gasteiger partial charge in [-0.3, -0.25) is 0 Å². The van der Waals surface area contributed by atoms with Crippen LogP contribution in [-0.4, -0.2) is 12.6 Å². The molecule has 0 aromatic heterocycles. The molecule has 0 amide bonds. The van der Waals surface area contributed by atoms with Crippen LogP contribution in [0.5, 0.6) is 0 Å². The van der Waals surface area contributed by atoms with Gasteiger partial charge < -0.3 is 0 Å². The molecule has 0 N–H and O–H groups in total. The zero-order chi connectivity index (χ0) is 11.2. The second-order valence-corrected chi connectivity index (χ2v) is 4.01. The average Bonchev–Trinajstić information content (AvgIpc) is 2.26. The number of isocyanates is 1. The molecule has 0 aliphatic rings. The molecule has 0 saturated carbocycles. The van der Waals surface area contributed by atoms with E-state index >= 15 is 0 Å². The lowest BCUT2D eigenvalue weighted by Crippen LogP contribution is -1.83. The van der Waals surface area contributed by atoms with E-state index in [9.17, 15) is 4.79 Å². The van der Waals surface area contributed by atoms with E-state index in [2.05, 4.69) is 11.9 Å². The molecule has 0 aliphatic carbocycles. The van der Waals surface area contributed by atoms with Gasteiger partial charge in [0, 0.05) is 0 Å². The lowest BCUT2D eigenvalue weighted by molar-refractivity contribution is 0.554. The number of rotatable bonds is 11. The molecule has 0 unspecified atom stereocenters. The first kappa shape index (κ1) is 14.4. The van der Waals surface area contributed by atoms with Crippen LogP contribution < -0.4 is 0 Å². The highest BCUT2D eigenvalue weighted by molar-refractivity contribution is 5.32. The third-order valence-corrected chi connectivity index (χ3v) is 2.58. The van der Waals surface area contributed by atoms with Crippen LogP contribution in [-0.2, 0) is 4.79 Å². The van der Waals surface area contributed by atoms with Crippen molar-refractivity contribution in [1.29, 1.82) is 0 Å². The smallest absolute Gasteiger partial charge is 0.211 e. The number of nitrogens with zero attached hydrogens (tertiary/aromatic N) is 1. The maximum Gasteiger partial charge on any atom is 0.234 e. The van der Waals surface area contributed by atoms with Gasteiger partial charge in [0.15, 0.2) is 0 Å². The Labute approximate surface area is 94.2 Å². The summed E-state index contributed by atoms with van der Waals surface area (Å²) >= 11 is 0. The minimum atomic E-state index is 0.660. The van der Waals surface area contributed by atoms with Gasteiger partial charge in [0.2, 0.25) is 6.08 Å². The topological polar surface area (TPSA) is 29.4 Å². The van der Waals surface area contributed by atoms with Crippen LogP contribution in [0.25, 0.3) is 0 Å². The zero-order valence-corrected chi connectivity index (χ0v) is 9.84. The first-order valence-corrected chi connectivity index (χ1v) is 6.24. The Hall–Kier alpha value is -0.620. The summed E-state index contributed by atoms with van der Waals surface area (Å²) in [6, 6.07) is 0. The van der Waals surface area contributed by atoms with Crippen LogP contribution in [0.2, 0.25) is 0 Å². The molecule has 2 heteroatoms. The quantitative estimate of drug-likeness (QED) is 0.287. The molecular weight excluding hydrogens is 186 g/mol. The molecule has 0 spiro atoms. The van der Waals surface area contributed by atoms with E-state index in [0.717, 1.165) is 12.8 Å². The third kappa shape index (κ3) is 13.4. The van der Waals surface area contributed by atoms with Gasteiger partial charge in [-0.2, -0.15) is 0 Å². The molecule has 0 aromatic carbocycles. The van der Waals surface area contributed by atoms with Gasteiger partial charge in [0.05, 0.1) is 6.54 Å². The lowest BCUT2D eigenvalue weighted by Gasteiger charge is -2.00. The predicted molar refractivity (Wildman–Crippen MR) is 64.5 cm³/mol. The van der Waals surface area contributed by atoms with Crippen molar-refractivity contribution in [2.45, 2.75) is 64.2 Å². The zero-order valence-electron chi connectivity index (χ0n) is 9.84. The van der Waals surface area contributed by atoms with Gasteiger partial charge in [-0.15, -0.1) is 0 Å². The fraction of sp³-hybridized carbons (Fsp3) is 0.846. The Morgan fingerprint density at radius 3 is 1.73 bits per heavy atom. The SMILES string of the molecule is [CH2]CCCCCCCCCCCN=C=O. The highest BCUT2D eigenvalue weighted by Gasteiger charge is 1.91. The van der Waals surface area contributed by atoms with Crippen LogP contribution in [0.15, 0.2) is 4.99 Å². The van der Waals surface area contributed by atoms with Crippen LogP contribution in [0.3, 0.4) is 0 Å². The van der Waals surface area contributed by atoms with E-state index < -0.39 is 0 Å². The molecule has 0 heterocycles. The van der Waals surface area contributed by atoms with Crippen molar-refractivity contribution in [2.24, 2.45) is 4.99 Å². The van der Waals surface area contributed by atoms with E-state index in [4.69, 9.17) is 0 Å². The fourth-order valence-electron chi connectivity index (χ4n) is 1.65. The second kappa shape index (κ2) is 13.4. The number of carbonyl (C=O) groups excluding carboxylic acids is 1. The molecule has 0 aromatic rings. The second-order valence-electron chi connectivity index (χ2n) is 4.01. The van der Waals surface area contributed by atoms with E-state index in [1.807, 2.05) is 0 Å². The van der Waals surface area contributed by atoms with Gasteiger partial charge in [-0.05, 0) is 6.42 Å². The minimum Gasteiger partial charge on any atom is -0.211 e. The first-order chi connectivity index (χ1) is 7.41. The van der Waals surface area contributed by atoms with E-state index in [-0.39, 0.29) is 0 Å². The standard InChI is InChI=1S/C13H24NO/c1-2-3-4-5-6-7-8-9-10-11-12-14-13-15/h1-12H2. The van der Waals surface area contributed by atoms with Crippen molar-refractivity contribution < 1.29 is 4.79 Å². The van der Waals surface area contributed by atoms with Gasteiger partial charge in [0.25, 0.3) is 0 Å². The summed E-state index contributed by atoms with van der Waals surface area (Å²) in [7, 11) is 0. The number of hydrogen-bond donors (Lipinski definition) is 0. The van der Waals surface area contributed by atoms with Crippen molar-refractivity contribution in [3.63, 3.8) is 0 Å². The van der Waals surface area contributed by atoms with E-state index in [0.29, 0.717) is 6.54 Å². The van der Waals surface area contributed by atoms with Gasteiger partial charge in [-0.1, -0.05) is 64.7 Å². The molecule has 0 rings (SSSR count). The Kier molecular flexibility index (Phi) is 12.8. The summed E-state index contributed by atoms with van der Waals surface area (Å²) in [4.78, 5) is 13.3. The molecule has 0 atom stereocenters. The van der Waals surface area contributed by atoms with Crippen LogP contribution in [0, 0.1) is 6.92 Å². The summed E-state index contributed by atoms with van der Waals surface area (Å²) in [5.41, 5.74) is 0. The van der Waals surface area contributed by atoms with E-state index in [1.165, 1.54) is 51.4 Å². The van der Waals surface area contributed by atoms with Crippen molar-refractivity contribution in [3.8, 4) is 0 Å². The average molecular weight is 210 g/mol. The summed E-state index contributed by atoms with van der Waals surface area (Å²) < 4.78 is 0. The first-order valence-electron chi connectivity index (χ1n) is 6.24. The van der Waals surface area contributed by atoms with Crippen molar-refractivity contribution in [2.75, 3.05) is 6.54 Å². The Balaban J connectivity index is 2.89. The molecule has 0 bridgehead atoms. The summed E-state index contributed by atoms with van der Waals surface area (Å²) in [5, 5.41) is 0. The van der Waals surface area contributed by atoms with Crippen LogP contribution in [0.1, 0.15) is 64.2 Å². The van der Waals surface area contributed by atoms with Gasteiger partial charge >= 0.3 is 0 Å². The molecule has 2 nitrogen and oxygen atoms in total. The normalized spacial score (nSPS) is 9.93. The fourth-order valence-corrected chi connectivity index (χ4v) is 1.65. The molecule has 15 heavy (non-hydrogen) atoms. The third-order valence-electron chi connectivity index (χ3n) is 2.58.